The Balaban J connectivity index is 2.35. The molecule has 1 amide bonds. The zero-order valence-corrected chi connectivity index (χ0v) is 8.77. The van der Waals surface area contributed by atoms with Gasteiger partial charge in [0.15, 0.2) is 0 Å². The van der Waals surface area contributed by atoms with Crippen molar-refractivity contribution in [2.45, 2.75) is 18.8 Å². The van der Waals surface area contributed by atoms with E-state index >= 15 is 0 Å². The third-order valence-corrected chi connectivity index (χ3v) is 2.98. The summed E-state index contributed by atoms with van der Waals surface area (Å²) in [6.07, 6.45) is 1.85. The summed E-state index contributed by atoms with van der Waals surface area (Å²) in [6, 6.07) is 5.77. The number of carbonyl (C=O) groups excluding carboxylic acids is 1. The molecular formula is C11H12ClNO. The second kappa shape index (κ2) is 3.62. The van der Waals surface area contributed by atoms with Crippen LogP contribution in [0.15, 0.2) is 18.2 Å². The van der Waals surface area contributed by atoms with E-state index in [-0.39, 0.29) is 11.8 Å². The molecule has 0 aromatic heterocycles. The third-order valence-electron chi connectivity index (χ3n) is 2.75. The lowest BCUT2D eigenvalue weighted by atomic mass is 10.0. The van der Waals surface area contributed by atoms with Gasteiger partial charge in [-0.1, -0.05) is 17.7 Å². The molecule has 1 atom stereocenters. The zero-order valence-electron chi connectivity index (χ0n) is 8.01. The third kappa shape index (κ3) is 1.50. The van der Waals surface area contributed by atoms with Crippen molar-refractivity contribution in [1.29, 1.82) is 0 Å². The Bertz CT molecular complexity index is 376. The molecule has 1 aromatic rings. The van der Waals surface area contributed by atoms with Crippen molar-refractivity contribution in [2.24, 2.45) is 0 Å². The summed E-state index contributed by atoms with van der Waals surface area (Å²) in [4.78, 5) is 11.5. The number of amides is 1. The van der Waals surface area contributed by atoms with Crippen molar-refractivity contribution < 1.29 is 4.79 Å². The van der Waals surface area contributed by atoms with Crippen LogP contribution in [0, 0.1) is 0 Å². The number of nitrogens with one attached hydrogen (secondary N) is 1. The molecular weight excluding hydrogens is 198 g/mol. The summed E-state index contributed by atoms with van der Waals surface area (Å²) in [6.45, 7) is 0. The van der Waals surface area contributed by atoms with Crippen LogP contribution in [0.3, 0.4) is 0 Å². The minimum Gasteiger partial charge on any atom is -0.359 e. The van der Waals surface area contributed by atoms with Gasteiger partial charge in [-0.05, 0) is 36.1 Å². The van der Waals surface area contributed by atoms with Crippen LogP contribution in [0.4, 0.5) is 0 Å². The Morgan fingerprint density at radius 3 is 3.07 bits per heavy atom. The van der Waals surface area contributed by atoms with E-state index in [1.54, 1.807) is 7.05 Å². The van der Waals surface area contributed by atoms with Gasteiger partial charge in [0.05, 0.1) is 5.92 Å². The van der Waals surface area contributed by atoms with Crippen LogP contribution in [-0.2, 0) is 11.2 Å². The highest BCUT2D eigenvalue weighted by Gasteiger charge is 2.27. The second-order valence-electron chi connectivity index (χ2n) is 3.55. The lowest BCUT2D eigenvalue weighted by Gasteiger charge is -2.09. The highest BCUT2D eigenvalue weighted by Crippen LogP contribution is 2.34. The number of benzene rings is 1. The standard InChI is InChI=1S/C11H12ClNO/c1-13-11(14)10-4-2-7-6-8(12)3-5-9(7)10/h3,5-6,10H,2,4H2,1H3,(H,13,14). The van der Waals surface area contributed by atoms with Crippen LogP contribution in [0.2, 0.25) is 5.02 Å². The van der Waals surface area contributed by atoms with Crippen LogP contribution < -0.4 is 5.32 Å². The SMILES string of the molecule is CNC(=O)C1CCc2cc(Cl)ccc21. The first-order chi connectivity index (χ1) is 6.72. The average Bonchev–Trinajstić information content (AvgIpc) is 2.59. The second-order valence-corrected chi connectivity index (χ2v) is 3.99. The van der Waals surface area contributed by atoms with Gasteiger partial charge in [0, 0.05) is 12.1 Å². The van der Waals surface area contributed by atoms with E-state index in [0.29, 0.717) is 0 Å². The van der Waals surface area contributed by atoms with Crippen LogP contribution in [-0.4, -0.2) is 13.0 Å². The van der Waals surface area contributed by atoms with Crippen LogP contribution in [0.25, 0.3) is 0 Å². The summed E-state index contributed by atoms with van der Waals surface area (Å²) in [5.41, 5.74) is 2.35. The number of halogens is 1. The van der Waals surface area contributed by atoms with Crippen LogP contribution in [0.1, 0.15) is 23.5 Å². The number of carbonyl (C=O) groups is 1. The normalized spacial score (nSPS) is 19.1. The smallest absolute Gasteiger partial charge is 0.227 e. The fourth-order valence-electron chi connectivity index (χ4n) is 2.03. The van der Waals surface area contributed by atoms with Crippen molar-refractivity contribution in [3.8, 4) is 0 Å². The quantitative estimate of drug-likeness (QED) is 0.754. The van der Waals surface area contributed by atoms with Crippen molar-refractivity contribution in [3.05, 3.63) is 34.3 Å². The number of fused-ring (bicyclic) bond motifs is 1. The largest absolute Gasteiger partial charge is 0.359 e. The lowest BCUT2D eigenvalue weighted by molar-refractivity contribution is -0.122. The summed E-state index contributed by atoms with van der Waals surface area (Å²) in [7, 11) is 1.68. The zero-order chi connectivity index (χ0) is 10.1. The first-order valence-corrected chi connectivity index (χ1v) is 5.10. The molecule has 3 heteroatoms. The van der Waals surface area contributed by atoms with Crippen molar-refractivity contribution in [2.75, 3.05) is 7.05 Å². The Hall–Kier alpha value is -1.02. The molecule has 1 unspecified atom stereocenters. The summed E-state index contributed by atoms with van der Waals surface area (Å²) in [5, 5.41) is 3.44. The molecule has 1 aromatic carbocycles. The molecule has 2 nitrogen and oxygen atoms in total. The molecule has 0 spiro atoms. The first-order valence-electron chi connectivity index (χ1n) is 4.72. The van der Waals surface area contributed by atoms with Gasteiger partial charge in [0.1, 0.15) is 0 Å². The first kappa shape index (κ1) is 9.53. The monoisotopic (exact) mass is 209 g/mol. The van der Waals surface area contributed by atoms with Crippen molar-refractivity contribution in [1.82, 2.24) is 5.32 Å². The summed E-state index contributed by atoms with van der Waals surface area (Å²) in [5.74, 6) is 0.123. The number of likely N-dealkylation sites (N-methyl/N-ethyl adjacent to an activating group) is 1. The van der Waals surface area contributed by atoms with Gasteiger partial charge in [-0.15, -0.1) is 0 Å². The van der Waals surface area contributed by atoms with E-state index < -0.39 is 0 Å². The highest BCUT2D eigenvalue weighted by molar-refractivity contribution is 6.30. The maximum absolute atomic E-state index is 11.5. The summed E-state index contributed by atoms with van der Waals surface area (Å²) < 4.78 is 0. The predicted molar refractivity (Wildman–Crippen MR) is 56.6 cm³/mol. The van der Waals surface area contributed by atoms with E-state index in [0.717, 1.165) is 23.4 Å². The molecule has 0 saturated carbocycles. The molecule has 0 saturated heterocycles. The number of rotatable bonds is 1. The summed E-state index contributed by atoms with van der Waals surface area (Å²) >= 11 is 5.88. The highest BCUT2D eigenvalue weighted by atomic mass is 35.5. The molecule has 0 bridgehead atoms. The predicted octanol–water partition coefficient (Wildman–Crippen LogP) is 2.12. The Morgan fingerprint density at radius 1 is 1.57 bits per heavy atom. The fraction of sp³-hybridized carbons (Fsp3) is 0.364. The molecule has 1 aliphatic rings. The van der Waals surface area contributed by atoms with E-state index in [1.807, 2.05) is 18.2 Å². The fourth-order valence-corrected chi connectivity index (χ4v) is 2.23. The van der Waals surface area contributed by atoms with Gasteiger partial charge in [0.2, 0.25) is 5.91 Å². The number of hydrogen-bond acceptors (Lipinski definition) is 1. The van der Waals surface area contributed by atoms with Gasteiger partial charge in [0.25, 0.3) is 0 Å². The molecule has 1 aliphatic carbocycles. The topological polar surface area (TPSA) is 29.1 Å². The van der Waals surface area contributed by atoms with E-state index in [1.165, 1.54) is 5.56 Å². The van der Waals surface area contributed by atoms with Gasteiger partial charge in [-0.3, -0.25) is 4.79 Å². The molecule has 14 heavy (non-hydrogen) atoms. The van der Waals surface area contributed by atoms with E-state index in [2.05, 4.69) is 5.32 Å². The Labute approximate surface area is 88.3 Å². The van der Waals surface area contributed by atoms with E-state index in [4.69, 9.17) is 11.6 Å². The minimum absolute atomic E-state index is 0.0206. The van der Waals surface area contributed by atoms with Crippen LogP contribution in [0.5, 0.6) is 0 Å². The maximum Gasteiger partial charge on any atom is 0.227 e. The Kier molecular flexibility index (Phi) is 2.46. The number of hydrogen-bond donors (Lipinski definition) is 1. The van der Waals surface area contributed by atoms with Crippen LogP contribution >= 0.6 is 11.6 Å². The Morgan fingerprint density at radius 2 is 2.36 bits per heavy atom. The molecule has 0 heterocycles. The van der Waals surface area contributed by atoms with Gasteiger partial charge in [-0.25, -0.2) is 0 Å². The van der Waals surface area contributed by atoms with E-state index in [9.17, 15) is 4.79 Å². The van der Waals surface area contributed by atoms with Gasteiger partial charge in [-0.2, -0.15) is 0 Å². The van der Waals surface area contributed by atoms with Gasteiger partial charge < -0.3 is 5.32 Å². The molecule has 0 radical (unpaired) electrons. The molecule has 74 valence electrons. The number of aryl methyl sites for hydroxylation is 1. The lowest BCUT2D eigenvalue weighted by Crippen LogP contribution is -2.24. The maximum atomic E-state index is 11.5. The molecule has 0 aliphatic heterocycles. The van der Waals surface area contributed by atoms with Crippen molar-refractivity contribution in [3.63, 3.8) is 0 Å². The molecule has 1 N–H and O–H groups in total. The van der Waals surface area contributed by atoms with Gasteiger partial charge >= 0.3 is 0 Å². The molecule has 0 fully saturated rings. The molecule has 2 rings (SSSR count). The average molecular weight is 210 g/mol. The minimum atomic E-state index is 0.0206. The van der Waals surface area contributed by atoms with Crippen molar-refractivity contribution >= 4 is 17.5 Å².